The van der Waals surface area contributed by atoms with E-state index in [9.17, 15) is 14.4 Å². The first-order chi connectivity index (χ1) is 14.2. The van der Waals surface area contributed by atoms with Crippen molar-refractivity contribution in [1.29, 1.82) is 0 Å². The largest absolute Gasteiger partial charge is 0.460 e. The average molecular weight is 412 g/mol. The number of fused-ring (bicyclic) bond motifs is 1. The molecule has 1 aromatic heterocycles. The second-order valence-corrected chi connectivity index (χ2v) is 9.19. The molecule has 2 amide bonds. The van der Waals surface area contributed by atoms with E-state index >= 15 is 0 Å². The summed E-state index contributed by atoms with van der Waals surface area (Å²) in [5.74, 6) is -0.620. The zero-order valence-corrected chi connectivity index (χ0v) is 17.8. The van der Waals surface area contributed by atoms with Gasteiger partial charge in [-0.05, 0) is 58.2 Å². The summed E-state index contributed by atoms with van der Waals surface area (Å²) < 4.78 is 7.52. The zero-order chi connectivity index (χ0) is 21.5. The van der Waals surface area contributed by atoms with Crippen molar-refractivity contribution < 1.29 is 19.1 Å². The third kappa shape index (κ3) is 4.06. The molecule has 2 aliphatic heterocycles. The van der Waals surface area contributed by atoms with Gasteiger partial charge in [0.2, 0.25) is 11.8 Å². The maximum Gasteiger partial charge on any atom is 0.309 e. The van der Waals surface area contributed by atoms with Gasteiger partial charge in [-0.1, -0.05) is 6.07 Å². The van der Waals surface area contributed by atoms with Gasteiger partial charge in [0, 0.05) is 36.8 Å². The van der Waals surface area contributed by atoms with E-state index in [1.54, 1.807) is 0 Å². The zero-order valence-electron chi connectivity index (χ0n) is 17.8. The number of rotatable bonds is 3. The van der Waals surface area contributed by atoms with Crippen LogP contribution in [0.4, 0.5) is 5.69 Å². The number of nitrogens with zero attached hydrogens (tertiary/aromatic N) is 2. The Bertz CT molecular complexity index is 980. The van der Waals surface area contributed by atoms with Gasteiger partial charge in [-0.3, -0.25) is 19.7 Å². The third-order valence-corrected chi connectivity index (χ3v) is 5.86. The standard InChI is InChI=1S/C23H29N3O4/c1-23(2,3)30-22(29)15-9-12-25(13-10-15)17-5-4-6-18-16(17)11-14-26(18)19-7-8-20(27)24-21(19)28/h4-6,11,14-15,19H,7-10,12-13H2,1-3H3,(H,24,27,28)/t19-/m0/s1. The fraction of sp³-hybridized carbons (Fsp3) is 0.522. The minimum absolute atomic E-state index is 0.0623. The summed E-state index contributed by atoms with van der Waals surface area (Å²) in [7, 11) is 0. The van der Waals surface area contributed by atoms with Crippen LogP contribution < -0.4 is 10.2 Å². The molecule has 1 aromatic carbocycles. The van der Waals surface area contributed by atoms with Gasteiger partial charge in [-0.2, -0.15) is 0 Å². The van der Waals surface area contributed by atoms with Gasteiger partial charge in [-0.15, -0.1) is 0 Å². The number of aromatic nitrogens is 1. The molecule has 2 aromatic rings. The molecule has 2 saturated heterocycles. The Hall–Kier alpha value is -2.83. The smallest absolute Gasteiger partial charge is 0.309 e. The summed E-state index contributed by atoms with van der Waals surface area (Å²) in [6.45, 7) is 7.26. The van der Waals surface area contributed by atoms with Crippen LogP contribution in [-0.2, 0) is 19.1 Å². The van der Waals surface area contributed by atoms with Gasteiger partial charge in [0.25, 0.3) is 0 Å². The molecule has 2 aliphatic rings. The lowest BCUT2D eigenvalue weighted by Crippen LogP contribution is -2.41. The quantitative estimate of drug-likeness (QED) is 0.620. The van der Waals surface area contributed by atoms with Crippen molar-refractivity contribution in [3.05, 3.63) is 30.5 Å². The minimum Gasteiger partial charge on any atom is -0.460 e. The summed E-state index contributed by atoms with van der Waals surface area (Å²) in [6.07, 6.45) is 4.33. The van der Waals surface area contributed by atoms with E-state index < -0.39 is 5.60 Å². The van der Waals surface area contributed by atoms with Crippen molar-refractivity contribution in [2.24, 2.45) is 5.92 Å². The predicted octanol–water partition coefficient (Wildman–Crippen LogP) is 3.18. The highest BCUT2D eigenvalue weighted by Gasteiger charge is 2.31. The predicted molar refractivity (Wildman–Crippen MR) is 114 cm³/mol. The molecule has 160 valence electrons. The topological polar surface area (TPSA) is 80.6 Å². The van der Waals surface area contributed by atoms with Gasteiger partial charge in [0.1, 0.15) is 11.6 Å². The number of esters is 1. The molecule has 0 bridgehead atoms. The molecular weight excluding hydrogens is 382 g/mol. The van der Waals surface area contributed by atoms with Gasteiger partial charge in [-0.25, -0.2) is 0 Å². The molecule has 2 fully saturated rings. The molecule has 7 nitrogen and oxygen atoms in total. The monoisotopic (exact) mass is 411 g/mol. The molecule has 7 heteroatoms. The first-order valence-electron chi connectivity index (χ1n) is 10.6. The van der Waals surface area contributed by atoms with Gasteiger partial charge in [0.05, 0.1) is 11.4 Å². The number of amides is 2. The second kappa shape index (κ2) is 7.78. The van der Waals surface area contributed by atoms with Crippen LogP contribution in [0.1, 0.15) is 52.5 Å². The van der Waals surface area contributed by atoms with Crippen LogP contribution in [0.25, 0.3) is 10.9 Å². The maximum atomic E-state index is 12.4. The van der Waals surface area contributed by atoms with Crippen molar-refractivity contribution in [2.75, 3.05) is 18.0 Å². The van der Waals surface area contributed by atoms with Crippen LogP contribution in [-0.4, -0.2) is 41.0 Å². The lowest BCUT2D eigenvalue weighted by Gasteiger charge is -2.34. The Labute approximate surface area is 176 Å². The van der Waals surface area contributed by atoms with Crippen LogP contribution in [0, 0.1) is 5.92 Å². The highest BCUT2D eigenvalue weighted by Crippen LogP contribution is 2.34. The Balaban J connectivity index is 1.51. The number of benzene rings is 1. The number of carbonyl (C=O) groups excluding carboxylic acids is 3. The van der Waals surface area contributed by atoms with E-state index in [0.29, 0.717) is 12.8 Å². The summed E-state index contributed by atoms with van der Waals surface area (Å²) >= 11 is 0. The molecule has 0 saturated carbocycles. The third-order valence-electron chi connectivity index (χ3n) is 5.86. The van der Waals surface area contributed by atoms with Crippen LogP contribution in [0.2, 0.25) is 0 Å². The number of carbonyl (C=O) groups is 3. The average Bonchev–Trinajstić information content (AvgIpc) is 3.11. The second-order valence-electron chi connectivity index (χ2n) is 9.19. The van der Waals surface area contributed by atoms with Crippen molar-refractivity contribution in [2.45, 2.75) is 58.1 Å². The first kappa shape index (κ1) is 20.4. The van der Waals surface area contributed by atoms with E-state index in [1.807, 2.05) is 49.7 Å². The fourth-order valence-corrected chi connectivity index (χ4v) is 4.41. The van der Waals surface area contributed by atoms with Gasteiger partial charge >= 0.3 is 5.97 Å². The van der Waals surface area contributed by atoms with Gasteiger partial charge < -0.3 is 14.2 Å². The molecule has 0 unspecified atom stereocenters. The van der Waals surface area contributed by atoms with E-state index in [-0.39, 0.29) is 29.7 Å². The Kier molecular flexibility index (Phi) is 5.30. The molecule has 4 rings (SSSR count). The maximum absolute atomic E-state index is 12.4. The normalized spacial score (nSPS) is 21.0. The van der Waals surface area contributed by atoms with Crippen LogP contribution in [0.3, 0.4) is 0 Å². The summed E-state index contributed by atoms with van der Waals surface area (Å²) in [6, 6.07) is 7.77. The van der Waals surface area contributed by atoms with Crippen molar-refractivity contribution >= 4 is 34.4 Å². The summed E-state index contributed by atoms with van der Waals surface area (Å²) in [5.41, 5.74) is 1.64. The molecule has 0 aliphatic carbocycles. The number of anilines is 1. The number of hydrogen-bond donors (Lipinski definition) is 1. The molecule has 0 spiro atoms. The van der Waals surface area contributed by atoms with Crippen molar-refractivity contribution in [1.82, 2.24) is 9.88 Å². The Morgan fingerprint density at radius 2 is 1.83 bits per heavy atom. The van der Waals surface area contributed by atoms with Crippen LogP contribution >= 0.6 is 0 Å². The van der Waals surface area contributed by atoms with E-state index in [0.717, 1.165) is 42.5 Å². The minimum atomic E-state index is -0.460. The Morgan fingerprint density at radius 3 is 2.50 bits per heavy atom. The molecule has 0 radical (unpaired) electrons. The highest BCUT2D eigenvalue weighted by molar-refractivity contribution is 6.01. The molecular formula is C23H29N3O4. The number of nitrogens with one attached hydrogen (secondary N) is 1. The van der Waals surface area contributed by atoms with Crippen LogP contribution in [0.15, 0.2) is 30.5 Å². The summed E-state index contributed by atoms with van der Waals surface area (Å²) in [5, 5.41) is 3.52. The molecule has 30 heavy (non-hydrogen) atoms. The molecule has 3 heterocycles. The molecule has 1 N–H and O–H groups in total. The van der Waals surface area contributed by atoms with Crippen molar-refractivity contribution in [3.8, 4) is 0 Å². The number of imide groups is 1. The SMILES string of the molecule is CC(C)(C)OC(=O)C1CCN(c2cccc3c2ccn3[C@H]2CCC(=O)NC2=O)CC1. The number of piperidine rings is 2. The lowest BCUT2D eigenvalue weighted by molar-refractivity contribution is -0.160. The van der Waals surface area contributed by atoms with E-state index in [2.05, 4.69) is 16.3 Å². The fourth-order valence-electron chi connectivity index (χ4n) is 4.41. The first-order valence-corrected chi connectivity index (χ1v) is 10.6. The Morgan fingerprint density at radius 1 is 1.10 bits per heavy atom. The highest BCUT2D eigenvalue weighted by atomic mass is 16.6. The van der Waals surface area contributed by atoms with Crippen molar-refractivity contribution in [3.63, 3.8) is 0 Å². The summed E-state index contributed by atoms with van der Waals surface area (Å²) in [4.78, 5) is 38.5. The van der Waals surface area contributed by atoms with E-state index in [1.165, 1.54) is 0 Å². The number of hydrogen-bond acceptors (Lipinski definition) is 5. The van der Waals surface area contributed by atoms with Crippen LogP contribution in [0.5, 0.6) is 0 Å². The lowest BCUT2D eigenvalue weighted by atomic mass is 9.96. The number of ether oxygens (including phenoxy) is 1. The van der Waals surface area contributed by atoms with E-state index in [4.69, 9.17) is 4.74 Å². The molecule has 1 atom stereocenters. The van der Waals surface area contributed by atoms with Gasteiger partial charge in [0.15, 0.2) is 0 Å².